The molecule has 0 aliphatic carbocycles. The number of aryl methyl sites for hydroxylation is 2. The smallest absolute Gasteiger partial charge is 0.241 e. The SMILES string of the molecule is Cc1cccc(NC(=O)CCc2ccc(S(=O)(=O)NC(C)(C)C)cc2)c1. The first-order chi connectivity index (χ1) is 12.0. The van der Waals surface area contributed by atoms with Crippen molar-refractivity contribution in [3.63, 3.8) is 0 Å². The minimum Gasteiger partial charge on any atom is -0.326 e. The Kier molecular flexibility index (Phi) is 6.21. The highest BCUT2D eigenvalue weighted by Crippen LogP contribution is 2.15. The molecule has 0 radical (unpaired) electrons. The Morgan fingerprint density at radius 3 is 2.27 bits per heavy atom. The Bertz CT molecular complexity index is 867. The Morgan fingerprint density at radius 2 is 1.69 bits per heavy atom. The van der Waals surface area contributed by atoms with Crippen LogP contribution in [0, 0.1) is 6.92 Å². The number of carbonyl (C=O) groups excluding carboxylic acids is 1. The Balaban J connectivity index is 1.94. The van der Waals surface area contributed by atoms with Crippen LogP contribution in [0.4, 0.5) is 5.69 Å². The summed E-state index contributed by atoms with van der Waals surface area (Å²) in [6.07, 6.45) is 0.880. The molecule has 0 aliphatic heterocycles. The van der Waals surface area contributed by atoms with Crippen LogP contribution in [0.3, 0.4) is 0 Å². The first-order valence-corrected chi connectivity index (χ1v) is 10.0. The van der Waals surface area contributed by atoms with Crippen LogP contribution in [-0.4, -0.2) is 19.9 Å². The summed E-state index contributed by atoms with van der Waals surface area (Å²) < 4.78 is 27.2. The predicted molar refractivity (Wildman–Crippen MR) is 105 cm³/mol. The Hall–Kier alpha value is -2.18. The molecular formula is C20H26N2O3S. The van der Waals surface area contributed by atoms with Gasteiger partial charge in [0.05, 0.1) is 4.90 Å². The lowest BCUT2D eigenvalue weighted by molar-refractivity contribution is -0.116. The van der Waals surface area contributed by atoms with E-state index in [1.807, 2.05) is 31.2 Å². The number of hydrogen-bond acceptors (Lipinski definition) is 3. The zero-order chi connectivity index (χ0) is 19.4. The summed E-state index contributed by atoms with van der Waals surface area (Å²) in [5, 5.41) is 2.87. The quantitative estimate of drug-likeness (QED) is 0.810. The summed E-state index contributed by atoms with van der Waals surface area (Å²) in [5.41, 5.74) is 2.25. The third-order valence-electron chi connectivity index (χ3n) is 3.62. The average molecular weight is 375 g/mol. The molecule has 140 valence electrons. The van der Waals surface area contributed by atoms with Crippen molar-refractivity contribution in [3.05, 3.63) is 59.7 Å². The monoisotopic (exact) mass is 374 g/mol. The zero-order valence-electron chi connectivity index (χ0n) is 15.7. The molecular weight excluding hydrogens is 348 g/mol. The summed E-state index contributed by atoms with van der Waals surface area (Å²) in [7, 11) is -3.54. The number of rotatable bonds is 6. The molecule has 0 saturated heterocycles. The van der Waals surface area contributed by atoms with Gasteiger partial charge in [-0.05, 0) is 69.5 Å². The second kappa shape index (κ2) is 8.01. The molecule has 2 N–H and O–H groups in total. The van der Waals surface area contributed by atoms with Gasteiger partial charge in [-0.25, -0.2) is 13.1 Å². The number of nitrogens with one attached hydrogen (secondary N) is 2. The first-order valence-electron chi connectivity index (χ1n) is 8.55. The lowest BCUT2D eigenvalue weighted by Crippen LogP contribution is -2.40. The van der Waals surface area contributed by atoms with Crippen LogP contribution < -0.4 is 10.0 Å². The molecule has 2 aromatic carbocycles. The van der Waals surface area contributed by atoms with Crippen LogP contribution in [0.5, 0.6) is 0 Å². The van der Waals surface area contributed by atoms with E-state index in [2.05, 4.69) is 10.0 Å². The molecule has 0 unspecified atom stereocenters. The van der Waals surface area contributed by atoms with Crippen LogP contribution in [0.2, 0.25) is 0 Å². The standard InChI is InChI=1S/C20H26N2O3S/c1-15-6-5-7-17(14-15)21-19(23)13-10-16-8-11-18(12-9-16)26(24,25)22-20(2,3)4/h5-9,11-12,14,22H,10,13H2,1-4H3,(H,21,23). The van der Waals surface area contributed by atoms with Gasteiger partial charge in [0, 0.05) is 17.6 Å². The molecule has 0 spiro atoms. The van der Waals surface area contributed by atoms with Gasteiger partial charge in [0.25, 0.3) is 0 Å². The fraction of sp³-hybridized carbons (Fsp3) is 0.350. The third kappa shape index (κ3) is 6.28. The van der Waals surface area contributed by atoms with Crippen LogP contribution >= 0.6 is 0 Å². The molecule has 5 nitrogen and oxygen atoms in total. The van der Waals surface area contributed by atoms with Crippen molar-refractivity contribution in [3.8, 4) is 0 Å². The van der Waals surface area contributed by atoms with Crippen LogP contribution in [0.1, 0.15) is 38.3 Å². The van der Waals surface area contributed by atoms with E-state index in [1.54, 1.807) is 45.0 Å². The molecule has 0 aliphatic rings. The number of carbonyl (C=O) groups is 1. The van der Waals surface area contributed by atoms with Crippen LogP contribution in [-0.2, 0) is 21.2 Å². The molecule has 26 heavy (non-hydrogen) atoms. The van der Waals surface area contributed by atoms with Gasteiger partial charge in [0.15, 0.2) is 0 Å². The molecule has 0 saturated carbocycles. The third-order valence-corrected chi connectivity index (χ3v) is 5.39. The van der Waals surface area contributed by atoms with E-state index in [0.29, 0.717) is 12.8 Å². The molecule has 0 atom stereocenters. The van der Waals surface area contributed by atoms with Crippen molar-refractivity contribution in [2.24, 2.45) is 0 Å². The number of hydrogen-bond donors (Lipinski definition) is 2. The summed E-state index contributed by atoms with van der Waals surface area (Å²) in [6, 6.07) is 14.3. The average Bonchev–Trinajstić information content (AvgIpc) is 2.51. The van der Waals surface area contributed by atoms with Gasteiger partial charge >= 0.3 is 0 Å². The Labute approximate surface area is 155 Å². The van der Waals surface area contributed by atoms with Crippen LogP contribution in [0.25, 0.3) is 0 Å². The molecule has 0 heterocycles. The minimum absolute atomic E-state index is 0.0679. The number of anilines is 1. The maximum Gasteiger partial charge on any atom is 0.241 e. The highest BCUT2D eigenvalue weighted by molar-refractivity contribution is 7.89. The normalized spacial score (nSPS) is 12.0. The Morgan fingerprint density at radius 1 is 1.04 bits per heavy atom. The summed E-state index contributed by atoms with van der Waals surface area (Å²) in [6.45, 7) is 7.36. The molecule has 2 rings (SSSR count). The van der Waals surface area contributed by atoms with E-state index in [1.165, 1.54) is 0 Å². The second-order valence-corrected chi connectivity index (χ2v) is 9.10. The van der Waals surface area contributed by atoms with Crippen molar-refractivity contribution < 1.29 is 13.2 Å². The van der Waals surface area contributed by atoms with Crippen molar-refractivity contribution >= 4 is 21.6 Å². The lowest BCUT2D eigenvalue weighted by Gasteiger charge is -2.20. The molecule has 2 aromatic rings. The molecule has 0 fully saturated rings. The van der Waals surface area contributed by atoms with E-state index in [9.17, 15) is 13.2 Å². The maximum atomic E-state index is 12.3. The highest BCUT2D eigenvalue weighted by Gasteiger charge is 2.21. The topological polar surface area (TPSA) is 75.3 Å². The van der Waals surface area contributed by atoms with Gasteiger partial charge in [0.2, 0.25) is 15.9 Å². The van der Waals surface area contributed by atoms with E-state index < -0.39 is 15.6 Å². The molecule has 0 bridgehead atoms. The van der Waals surface area contributed by atoms with Crippen molar-refractivity contribution in [2.75, 3.05) is 5.32 Å². The fourth-order valence-electron chi connectivity index (χ4n) is 2.50. The second-order valence-electron chi connectivity index (χ2n) is 7.42. The van der Waals surface area contributed by atoms with Gasteiger partial charge in [0.1, 0.15) is 0 Å². The summed E-state index contributed by atoms with van der Waals surface area (Å²) in [4.78, 5) is 12.3. The number of sulfonamides is 1. The van der Waals surface area contributed by atoms with Crippen molar-refractivity contribution in [2.45, 2.75) is 51.0 Å². The van der Waals surface area contributed by atoms with E-state index in [-0.39, 0.29) is 10.8 Å². The number of amides is 1. The lowest BCUT2D eigenvalue weighted by atomic mass is 10.1. The van der Waals surface area contributed by atoms with Gasteiger partial charge < -0.3 is 5.32 Å². The molecule has 0 aromatic heterocycles. The zero-order valence-corrected chi connectivity index (χ0v) is 16.5. The largest absolute Gasteiger partial charge is 0.326 e. The van der Waals surface area contributed by atoms with Gasteiger partial charge in [-0.1, -0.05) is 24.3 Å². The minimum atomic E-state index is -3.54. The van der Waals surface area contributed by atoms with Crippen LogP contribution in [0.15, 0.2) is 53.4 Å². The van der Waals surface area contributed by atoms with Gasteiger partial charge in [-0.15, -0.1) is 0 Å². The molecule has 1 amide bonds. The van der Waals surface area contributed by atoms with E-state index in [4.69, 9.17) is 0 Å². The summed E-state index contributed by atoms with van der Waals surface area (Å²) in [5.74, 6) is -0.0679. The fourth-order valence-corrected chi connectivity index (χ4v) is 3.92. The number of benzene rings is 2. The van der Waals surface area contributed by atoms with Gasteiger partial charge in [-0.2, -0.15) is 0 Å². The predicted octanol–water partition coefficient (Wildman–Crippen LogP) is 3.64. The van der Waals surface area contributed by atoms with Gasteiger partial charge in [-0.3, -0.25) is 4.79 Å². The molecule has 6 heteroatoms. The first kappa shape index (κ1) is 20.1. The van der Waals surface area contributed by atoms with E-state index in [0.717, 1.165) is 16.8 Å². The summed E-state index contributed by atoms with van der Waals surface area (Å²) >= 11 is 0. The van der Waals surface area contributed by atoms with Crippen molar-refractivity contribution in [1.82, 2.24) is 4.72 Å². The maximum absolute atomic E-state index is 12.3. The highest BCUT2D eigenvalue weighted by atomic mass is 32.2. The van der Waals surface area contributed by atoms with E-state index >= 15 is 0 Å². The van der Waals surface area contributed by atoms with Crippen molar-refractivity contribution in [1.29, 1.82) is 0 Å².